The summed E-state index contributed by atoms with van der Waals surface area (Å²) >= 11 is 1.71. The molecule has 0 radical (unpaired) electrons. The molecule has 1 fully saturated rings. The average Bonchev–Trinajstić information content (AvgIpc) is 3.29. The van der Waals surface area contributed by atoms with Crippen LogP contribution < -0.4 is 5.43 Å². The van der Waals surface area contributed by atoms with E-state index >= 15 is 0 Å². The van der Waals surface area contributed by atoms with Gasteiger partial charge in [-0.3, -0.25) is 5.43 Å². The number of aromatic nitrogens is 1. The first-order valence-corrected chi connectivity index (χ1v) is 10.9. The fraction of sp³-hybridized carbons (Fsp3) is 0.455. The van der Waals surface area contributed by atoms with Crippen LogP contribution in [0.5, 0.6) is 0 Å². The highest BCUT2D eigenvalue weighted by molar-refractivity contribution is 8.14. The number of amidine groups is 1. The van der Waals surface area contributed by atoms with Crippen LogP contribution in [0.2, 0.25) is 0 Å². The standard InChI is InChI=1S/C22H28N4OS/c1-14-7-5-8-15(2)21(14)23-22-25-24-20(13-28-22)19-11-16(3)26(17(19)4)12-18-9-6-10-27-18/h5,7-8,11,18H,6,9-10,12-13H2,1-4H3,(H,23,25)/t18-/m0/s1. The molecular weight excluding hydrogens is 368 g/mol. The van der Waals surface area contributed by atoms with E-state index in [-0.39, 0.29) is 0 Å². The number of hydrogen-bond donors (Lipinski definition) is 1. The Morgan fingerprint density at radius 3 is 2.68 bits per heavy atom. The molecule has 1 saturated heterocycles. The Bertz CT molecular complexity index is 918. The van der Waals surface area contributed by atoms with Gasteiger partial charge in [0.25, 0.3) is 0 Å². The maximum Gasteiger partial charge on any atom is 0.182 e. The quantitative estimate of drug-likeness (QED) is 0.820. The number of ether oxygens (including phenoxy) is 1. The van der Waals surface area contributed by atoms with Gasteiger partial charge in [-0.2, -0.15) is 5.10 Å². The molecule has 3 heterocycles. The van der Waals surface area contributed by atoms with Crippen molar-refractivity contribution < 1.29 is 4.74 Å². The lowest BCUT2D eigenvalue weighted by Gasteiger charge is -2.17. The van der Waals surface area contributed by atoms with Gasteiger partial charge in [-0.15, -0.1) is 0 Å². The number of nitrogens with zero attached hydrogens (tertiary/aromatic N) is 3. The van der Waals surface area contributed by atoms with Crippen molar-refractivity contribution in [3.8, 4) is 0 Å². The first kappa shape index (κ1) is 19.3. The molecular formula is C22H28N4OS. The topological polar surface area (TPSA) is 50.9 Å². The van der Waals surface area contributed by atoms with Crippen LogP contribution in [0, 0.1) is 27.7 Å². The zero-order valence-electron chi connectivity index (χ0n) is 17.1. The molecule has 2 aromatic rings. The van der Waals surface area contributed by atoms with E-state index in [0.717, 1.165) is 41.9 Å². The molecule has 0 unspecified atom stereocenters. The number of nitrogens with one attached hydrogen (secondary N) is 1. The van der Waals surface area contributed by atoms with Crippen LogP contribution in [-0.4, -0.2) is 33.9 Å². The fourth-order valence-electron chi connectivity index (χ4n) is 3.96. The highest BCUT2D eigenvalue weighted by Gasteiger charge is 2.22. The van der Waals surface area contributed by atoms with Gasteiger partial charge in [-0.25, -0.2) is 4.99 Å². The van der Waals surface area contributed by atoms with E-state index in [1.807, 2.05) is 0 Å². The molecule has 1 aromatic carbocycles. The van der Waals surface area contributed by atoms with Crippen LogP contribution in [0.25, 0.3) is 0 Å². The molecule has 28 heavy (non-hydrogen) atoms. The largest absolute Gasteiger partial charge is 0.376 e. The molecule has 1 N–H and O–H groups in total. The first-order valence-electron chi connectivity index (χ1n) is 9.92. The van der Waals surface area contributed by atoms with Crippen LogP contribution in [-0.2, 0) is 11.3 Å². The summed E-state index contributed by atoms with van der Waals surface area (Å²) < 4.78 is 8.20. The van der Waals surface area contributed by atoms with E-state index in [0.29, 0.717) is 6.10 Å². The third-order valence-corrected chi connectivity index (χ3v) is 6.45. The second-order valence-electron chi connectivity index (χ2n) is 7.65. The normalized spacial score (nSPS) is 21.1. The monoisotopic (exact) mass is 396 g/mol. The van der Waals surface area contributed by atoms with Crippen LogP contribution in [0.15, 0.2) is 34.4 Å². The zero-order chi connectivity index (χ0) is 19.7. The Balaban J connectivity index is 1.53. The molecule has 0 bridgehead atoms. The summed E-state index contributed by atoms with van der Waals surface area (Å²) in [6.45, 7) is 10.4. The third kappa shape index (κ3) is 3.89. The van der Waals surface area contributed by atoms with Crippen LogP contribution in [0.3, 0.4) is 0 Å². The maximum atomic E-state index is 5.83. The second kappa shape index (κ2) is 8.13. The van der Waals surface area contributed by atoms with Gasteiger partial charge < -0.3 is 9.30 Å². The van der Waals surface area contributed by atoms with Gasteiger partial charge in [0.2, 0.25) is 0 Å². The minimum Gasteiger partial charge on any atom is -0.376 e. The van der Waals surface area contributed by atoms with Crippen molar-refractivity contribution in [2.45, 2.75) is 53.2 Å². The molecule has 4 rings (SSSR count). The van der Waals surface area contributed by atoms with Crippen molar-refractivity contribution in [3.05, 3.63) is 52.3 Å². The van der Waals surface area contributed by atoms with Gasteiger partial charge in [-0.1, -0.05) is 30.0 Å². The molecule has 1 aromatic heterocycles. The molecule has 1 atom stereocenters. The molecule has 2 aliphatic heterocycles. The number of aryl methyl sites for hydroxylation is 3. The van der Waals surface area contributed by atoms with Gasteiger partial charge in [0.15, 0.2) is 5.17 Å². The highest BCUT2D eigenvalue weighted by atomic mass is 32.2. The number of hydrogen-bond acceptors (Lipinski definition) is 4. The van der Waals surface area contributed by atoms with Gasteiger partial charge in [0, 0.05) is 35.9 Å². The Morgan fingerprint density at radius 1 is 1.25 bits per heavy atom. The van der Waals surface area contributed by atoms with Crippen LogP contribution >= 0.6 is 11.8 Å². The van der Waals surface area contributed by atoms with Crippen molar-refractivity contribution in [1.29, 1.82) is 0 Å². The third-order valence-electron chi connectivity index (χ3n) is 5.58. The van der Waals surface area contributed by atoms with Crippen LogP contribution in [0.4, 0.5) is 5.69 Å². The minimum absolute atomic E-state index is 0.342. The summed E-state index contributed by atoms with van der Waals surface area (Å²) in [4.78, 5) is 4.80. The molecule has 148 valence electrons. The summed E-state index contributed by atoms with van der Waals surface area (Å²) in [5.74, 6) is 0.820. The second-order valence-corrected chi connectivity index (χ2v) is 8.61. The molecule has 2 aliphatic rings. The Labute approximate surface area is 171 Å². The van der Waals surface area contributed by atoms with E-state index in [4.69, 9.17) is 9.73 Å². The number of benzene rings is 1. The van der Waals surface area contributed by atoms with Gasteiger partial charge in [0.1, 0.15) is 0 Å². The van der Waals surface area contributed by atoms with Crippen LogP contribution in [0.1, 0.15) is 40.9 Å². The van der Waals surface area contributed by atoms with Crippen molar-refractivity contribution in [3.63, 3.8) is 0 Å². The van der Waals surface area contributed by atoms with Crippen molar-refractivity contribution in [2.24, 2.45) is 10.1 Å². The molecule has 0 spiro atoms. The number of para-hydroxylation sites is 1. The minimum atomic E-state index is 0.342. The molecule has 0 aliphatic carbocycles. The summed E-state index contributed by atoms with van der Waals surface area (Å²) in [7, 11) is 0. The smallest absolute Gasteiger partial charge is 0.182 e. The Kier molecular flexibility index (Phi) is 5.60. The number of rotatable bonds is 4. The summed E-state index contributed by atoms with van der Waals surface area (Å²) in [5.41, 5.74) is 11.4. The molecule has 0 amide bonds. The predicted octanol–water partition coefficient (Wildman–Crippen LogP) is 4.63. The summed E-state index contributed by atoms with van der Waals surface area (Å²) in [6, 6.07) is 8.51. The van der Waals surface area contributed by atoms with E-state index in [1.165, 1.54) is 34.5 Å². The van der Waals surface area contributed by atoms with E-state index in [9.17, 15) is 0 Å². The molecule has 5 nitrogen and oxygen atoms in total. The summed E-state index contributed by atoms with van der Waals surface area (Å²) in [6.07, 6.45) is 2.67. The average molecular weight is 397 g/mol. The summed E-state index contributed by atoms with van der Waals surface area (Å²) in [5, 5.41) is 5.51. The number of thioether (sulfide) groups is 1. The van der Waals surface area contributed by atoms with Gasteiger partial charge >= 0.3 is 0 Å². The Hall–Kier alpha value is -2.05. The lowest BCUT2D eigenvalue weighted by molar-refractivity contribution is 0.0962. The number of hydrazone groups is 1. The van der Waals surface area contributed by atoms with E-state index < -0.39 is 0 Å². The van der Waals surface area contributed by atoms with E-state index in [2.05, 4.69) is 67.1 Å². The number of aliphatic imine (C=N–C) groups is 1. The fourth-order valence-corrected chi connectivity index (χ4v) is 4.72. The predicted molar refractivity (Wildman–Crippen MR) is 118 cm³/mol. The van der Waals surface area contributed by atoms with Gasteiger partial charge in [0.05, 0.1) is 17.5 Å². The lowest BCUT2D eigenvalue weighted by atomic mass is 10.1. The van der Waals surface area contributed by atoms with Gasteiger partial charge in [-0.05, 0) is 57.7 Å². The maximum absolute atomic E-state index is 5.83. The van der Waals surface area contributed by atoms with Crippen molar-refractivity contribution in [2.75, 3.05) is 12.4 Å². The highest BCUT2D eigenvalue weighted by Crippen LogP contribution is 2.27. The first-order chi connectivity index (χ1) is 13.5. The molecule has 6 heteroatoms. The lowest BCUT2D eigenvalue weighted by Crippen LogP contribution is -2.25. The zero-order valence-corrected chi connectivity index (χ0v) is 17.9. The molecule has 0 saturated carbocycles. The van der Waals surface area contributed by atoms with E-state index in [1.54, 1.807) is 11.8 Å². The van der Waals surface area contributed by atoms with Crippen molar-refractivity contribution >= 4 is 28.3 Å². The Morgan fingerprint density at radius 2 is 2.04 bits per heavy atom. The SMILES string of the molecule is Cc1cccc(C)c1N=C1NN=C(c2cc(C)n(C[C@@H]3CCCO3)c2C)CS1. The van der Waals surface area contributed by atoms with Crippen molar-refractivity contribution in [1.82, 2.24) is 9.99 Å².